The van der Waals surface area contributed by atoms with Gasteiger partial charge in [-0.25, -0.2) is 4.79 Å². The molecule has 1 amide bonds. The second-order valence-electron chi connectivity index (χ2n) is 5.71. The molecule has 1 aromatic carbocycles. The number of benzene rings is 1. The molecule has 0 aliphatic carbocycles. The number of aliphatic hydroxyl groups is 1. The summed E-state index contributed by atoms with van der Waals surface area (Å²) >= 11 is 0. The van der Waals surface area contributed by atoms with Gasteiger partial charge in [-0.3, -0.25) is 4.79 Å². The summed E-state index contributed by atoms with van der Waals surface area (Å²) in [5.74, 6) is -2.03. The fourth-order valence-corrected chi connectivity index (χ4v) is 2.76. The Bertz CT molecular complexity index is 519. The molecule has 0 spiro atoms. The molecule has 2 rings (SSSR count). The summed E-state index contributed by atoms with van der Waals surface area (Å²) in [6, 6.07) is 9.31. The van der Waals surface area contributed by atoms with Crippen LogP contribution in [0.1, 0.15) is 12.5 Å². The van der Waals surface area contributed by atoms with E-state index in [4.69, 9.17) is 4.74 Å². The van der Waals surface area contributed by atoms with Gasteiger partial charge in [0.2, 0.25) is 0 Å². The zero-order valence-corrected chi connectivity index (χ0v) is 12.5. The Morgan fingerprint density at radius 3 is 2.59 bits per heavy atom. The van der Waals surface area contributed by atoms with Gasteiger partial charge in [0.25, 0.3) is 0 Å². The van der Waals surface area contributed by atoms with Crippen molar-refractivity contribution in [2.45, 2.75) is 13.5 Å². The molecular weight excluding hydrogens is 286 g/mol. The minimum absolute atomic E-state index is 0.0959. The minimum atomic E-state index is -0.941. The van der Waals surface area contributed by atoms with Gasteiger partial charge < -0.3 is 19.8 Å². The highest BCUT2D eigenvalue weighted by atomic mass is 16.6. The number of carboxylic acid groups (broad SMARTS) is 1. The van der Waals surface area contributed by atoms with E-state index < -0.39 is 18.0 Å². The second-order valence-corrected chi connectivity index (χ2v) is 5.71. The Labute approximate surface area is 129 Å². The molecular formula is C16H21NO5. The molecule has 0 bridgehead atoms. The van der Waals surface area contributed by atoms with Crippen LogP contribution in [0.5, 0.6) is 0 Å². The van der Waals surface area contributed by atoms with Crippen molar-refractivity contribution in [2.75, 3.05) is 19.7 Å². The quantitative estimate of drug-likeness (QED) is 0.862. The molecule has 1 aliphatic rings. The third-order valence-corrected chi connectivity index (χ3v) is 4.16. The highest BCUT2D eigenvalue weighted by Gasteiger charge is 2.42. The number of aliphatic hydroxyl groups excluding tert-OH is 1. The van der Waals surface area contributed by atoms with Crippen molar-refractivity contribution in [3.05, 3.63) is 35.9 Å². The minimum Gasteiger partial charge on any atom is -0.481 e. The van der Waals surface area contributed by atoms with Gasteiger partial charge >= 0.3 is 12.1 Å². The lowest BCUT2D eigenvalue weighted by Gasteiger charge is -2.20. The number of rotatable bonds is 5. The second kappa shape index (κ2) is 7.26. The molecule has 2 N–H and O–H groups in total. The first-order valence-electron chi connectivity index (χ1n) is 7.32. The van der Waals surface area contributed by atoms with Crippen LogP contribution in [-0.2, 0) is 16.1 Å². The maximum absolute atomic E-state index is 12.1. The van der Waals surface area contributed by atoms with Gasteiger partial charge in [-0.1, -0.05) is 37.3 Å². The summed E-state index contributed by atoms with van der Waals surface area (Å²) in [7, 11) is 0. The molecule has 120 valence electrons. The van der Waals surface area contributed by atoms with Gasteiger partial charge in [0.1, 0.15) is 6.61 Å². The summed E-state index contributed by atoms with van der Waals surface area (Å²) in [6.45, 7) is 2.28. The molecule has 1 fully saturated rings. The average molecular weight is 307 g/mol. The van der Waals surface area contributed by atoms with Crippen LogP contribution in [-0.4, -0.2) is 46.9 Å². The first-order valence-corrected chi connectivity index (χ1v) is 7.32. The number of hydrogen-bond acceptors (Lipinski definition) is 4. The van der Waals surface area contributed by atoms with Crippen LogP contribution in [0.2, 0.25) is 0 Å². The van der Waals surface area contributed by atoms with E-state index in [1.807, 2.05) is 30.3 Å². The number of ether oxygens (including phenoxy) is 1. The lowest BCUT2D eigenvalue weighted by molar-refractivity contribution is -0.143. The van der Waals surface area contributed by atoms with Crippen LogP contribution < -0.4 is 0 Å². The van der Waals surface area contributed by atoms with E-state index in [-0.39, 0.29) is 31.6 Å². The summed E-state index contributed by atoms with van der Waals surface area (Å²) in [6.07, 6.45) is -0.511. The molecule has 0 saturated carbocycles. The molecule has 1 aromatic rings. The van der Waals surface area contributed by atoms with Crippen LogP contribution in [0.25, 0.3) is 0 Å². The van der Waals surface area contributed by atoms with Crippen molar-refractivity contribution in [3.63, 3.8) is 0 Å². The van der Waals surface area contributed by atoms with Crippen LogP contribution in [0.3, 0.4) is 0 Å². The number of likely N-dealkylation sites (tertiary alicyclic amines) is 1. The molecule has 6 heteroatoms. The van der Waals surface area contributed by atoms with Crippen molar-refractivity contribution in [3.8, 4) is 0 Å². The molecule has 6 nitrogen and oxygen atoms in total. The number of amides is 1. The van der Waals surface area contributed by atoms with E-state index in [1.54, 1.807) is 6.92 Å². The van der Waals surface area contributed by atoms with Crippen molar-refractivity contribution in [2.24, 2.45) is 17.8 Å². The van der Waals surface area contributed by atoms with Gasteiger partial charge in [0, 0.05) is 19.7 Å². The van der Waals surface area contributed by atoms with E-state index in [0.29, 0.717) is 6.54 Å². The maximum Gasteiger partial charge on any atom is 0.410 e. The van der Waals surface area contributed by atoms with Crippen molar-refractivity contribution >= 4 is 12.1 Å². The van der Waals surface area contributed by atoms with Gasteiger partial charge in [-0.2, -0.15) is 0 Å². The lowest BCUT2D eigenvalue weighted by atomic mass is 9.85. The van der Waals surface area contributed by atoms with Crippen molar-refractivity contribution in [1.82, 2.24) is 4.90 Å². The van der Waals surface area contributed by atoms with E-state index in [2.05, 4.69) is 0 Å². The smallest absolute Gasteiger partial charge is 0.410 e. The first kappa shape index (κ1) is 16.3. The van der Waals surface area contributed by atoms with Gasteiger partial charge in [0.15, 0.2) is 0 Å². The average Bonchev–Trinajstić information content (AvgIpc) is 2.98. The van der Waals surface area contributed by atoms with E-state index in [1.165, 1.54) is 4.90 Å². The predicted molar refractivity (Wildman–Crippen MR) is 79.1 cm³/mol. The fourth-order valence-electron chi connectivity index (χ4n) is 2.76. The Kier molecular flexibility index (Phi) is 5.38. The molecule has 0 aromatic heterocycles. The third kappa shape index (κ3) is 3.76. The van der Waals surface area contributed by atoms with Crippen LogP contribution in [0.15, 0.2) is 30.3 Å². The largest absolute Gasteiger partial charge is 0.481 e. The number of carbonyl (C=O) groups excluding carboxylic acids is 1. The summed E-state index contributed by atoms with van der Waals surface area (Å²) in [5, 5.41) is 18.5. The van der Waals surface area contributed by atoms with Crippen LogP contribution >= 0.6 is 0 Å². The number of aliphatic carboxylic acids is 1. The molecule has 1 saturated heterocycles. The molecule has 0 radical (unpaired) electrons. The third-order valence-electron chi connectivity index (χ3n) is 4.16. The van der Waals surface area contributed by atoms with Gasteiger partial charge in [-0.15, -0.1) is 0 Å². The Balaban J connectivity index is 1.94. The van der Waals surface area contributed by atoms with Crippen LogP contribution in [0.4, 0.5) is 4.79 Å². The number of carbonyl (C=O) groups is 2. The Morgan fingerprint density at radius 2 is 2.00 bits per heavy atom. The zero-order chi connectivity index (χ0) is 16.1. The fraction of sp³-hybridized carbons (Fsp3) is 0.500. The summed E-state index contributed by atoms with van der Waals surface area (Å²) < 4.78 is 5.23. The SMILES string of the molecule is C[C@@H](CO)C1CN(C(=O)OCc2ccccc2)CC1C(=O)O. The monoisotopic (exact) mass is 307 g/mol. The molecule has 22 heavy (non-hydrogen) atoms. The van der Waals surface area contributed by atoms with E-state index >= 15 is 0 Å². The predicted octanol–water partition coefficient (Wildman–Crippen LogP) is 1.58. The molecule has 2 unspecified atom stereocenters. The summed E-state index contributed by atoms with van der Waals surface area (Å²) in [5.41, 5.74) is 0.880. The normalized spacial score (nSPS) is 22.4. The molecule has 3 atom stereocenters. The zero-order valence-electron chi connectivity index (χ0n) is 12.5. The van der Waals surface area contributed by atoms with Gasteiger partial charge in [-0.05, 0) is 17.4 Å². The maximum atomic E-state index is 12.1. The number of carboxylic acids is 1. The van der Waals surface area contributed by atoms with Crippen molar-refractivity contribution < 1.29 is 24.5 Å². The van der Waals surface area contributed by atoms with Gasteiger partial charge in [0.05, 0.1) is 5.92 Å². The Hall–Kier alpha value is -2.08. The number of nitrogens with zero attached hydrogens (tertiary/aromatic N) is 1. The summed E-state index contributed by atoms with van der Waals surface area (Å²) in [4.78, 5) is 24.8. The van der Waals surface area contributed by atoms with Crippen molar-refractivity contribution in [1.29, 1.82) is 0 Å². The highest BCUT2D eigenvalue weighted by molar-refractivity contribution is 5.74. The topological polar surface area (TPSA) is 87.1 Å². The number of hydrogen-bond donors (Lipinski definition) is 2. The Morgan fingerprint density at radius 1 is 1.32 bits per heavy atom. The lowest BCUT2D eigenvalue weighted by Crippen LogP contribution is -2.30. The molecule has 1 aliphatic heterocycles. The standard InChI is InChI=1S/C16H21NO5/c1-11(9-18)13-7-17(8-14(13)15(19)20)16(21)22-10-12-5-3-2-4-6-12/h2-6,11,13-14,18H,7-10H2,1H3,(H,19,20)/t11-,13?,14?/m0/s1. The van der Waals surface area contributed by atoms with E-state index in [9.17, 15) is 19.8 Å². The van der Waals surface area contributed by atoms with E-state index in [0.717, 1.165) is 5.56 Å². The molecule has 1 heterocycles. The highest BCUT2D eigenvalue weighted by Crippen LogP contribution is 2.30. The first-order chi connectivity index (χ1) is 10.5. The van der Waals surface area contributed by atoms with Crippen LogP contribution in [0, 0.1) is 17.8 Å².